The van der Waals surface area contributed by atoms with Crippen molar-refractivity contribution in [2.24, 2.45) is 0 Å². The largest absolute Gasteiger partial charge is 0.319 e. The van der Waals surface area contributed by atoms with E-state index in [0.717, 1.165) is 24.5 Å². The minimum absolute atomic E-state index is 0.210. The second kappa shape index (κ2) is 5.37. The fourth-order valence-corrected chi connectivity index (χ4v) is 2.79. The van der Waals surface area contributed by atoms with Gasteiger partial charge in [0.1, 0.15) is 0 Å². The number of thioether (sulfide) groups is 1. The summed E-state index contributed by atoms with van der Waals surface area (Å²) in [4.78, 5) is 15.1. The van der Waals surface area contributed by atoms with E-state index < -0.39 is 0 Å². The molecular formula is C12H16N2OS. The van der Waals surface area contributed by atoms with Crippen LogP contribution < -0.4 is 10.2 Å². The van der Waals surface area contributed by atoms with E-state index in [4.69, 9.17) is 0 Å². The first-order valence-corrected chi connectivity index (χ1v) is 6.48. The Kier molecular flexibility index (Phi) is 3.85. The molecular weight excluding hydrogens is 220 g/mol. The number of anilines is 1. The number of carbonyl (C=O) groups excluding carboxylic acids is 1. The van der Waals surface area contributed by atoms with E-state index >= 15 is 0 Å². The molecule has 4 heteroatoms. The van der Waals surface area contributed by atoms with E-state index in [2.05, 4.69) is 11.4 Å². The lowest BCUT2D eigenvalue weighted by Gasteiger charge is -2.29. The number of hydrogen-bond donors (Lipinski definition) is 1. The van der Waals surface area contributed by atoms with Gasteiger partial charge in [0, 0.05) is 30.2 Å². The summed E-state index contributed by atoms with van der Waals surface area (Å²) in [7, 11) is 1.87. The summed E-state index contributed by atoms with van der Waals surface area (Å²) in [6.07, 6.45) is 0.565. The lowest BCUT2D eigenvalue weighted by Crippen LogP contribution is -2.36. The van der Waals surface area contributed by atoms with Crippen LogP contribution in [0.1, 0.15) is 6.42 Å². The molecule has 0 bridgehead atoms. The van der Waals surface area contributed by atoms with Gasteiger partial charge in [-0.05, 0) is 19.2 Å². The topological polar surface area (TPSA) is 32.3 Å². The van der Waals surface area contributed by atoms with Crippen LogP contribution in [0.15, 0.2) is 29.2 Å². The van der Waals surface area contributed by atoms with Gasteiger partial charge in [0.2, 0.25) is 5.91 Å². The van der Waals surface area contributed by atoms with Crippen LogP contribution in [-0.2, 0) is 4.79 Å². The van der Waals surface area contributed by atoms with Crippen molar-refractivity contribution in [3.63, 3.8) is 0 Å². The van der Waals surface area contributed by atoms with Gasteiger partial charge >= 0.3 is 0 Å². The molecule has 1 aliphatic rings. The molecule has 1 heterocycles. The zero-order valence-electron chi connectivity index (χ0n) is 9.40. The first kappa shape index (κ1) is 11.5. The lowest BCUT2D eigenvalue weighted by atomic mass is 10.2. The quantitative estimate of drug-likeness (QED) is 0.867. The van der Waals surface area contributed by atoms with Crippen molar-refractivity contribution in [3.8, 4) is 0 Å². The molecule has 0 spiro atoms. The van der Waals surface area contributed by atoms with E-state index in [1.165, 1.54) is 4.90 Å². The SMILES string of the molecule is CNCCC(=O)N1CCSc2ccccc21. The van der Waals surface area contributed by atoms with Gasteiger partial charge in [0.15, 0.2) is 0 Å². The number of nitrogens with one attached hydrogen (secondary N) is 1. The number of nitrogens with zero attached hydrogens (tertiary/aromatic N) is 1. The third-order valence-corrected chi connectivity index (χ3v) is 3.66. The molecule has 3 nitrogen and oxygen atoms in total. The van der Waals surface area contributed by atoms with Crippen molar-refractivity contribution >= 4 is 23.4 Å². The van der Waals surface area contributed by atoms with E-state index in [0.29, 0.717) is 6.42 Å². The van der Waals surface area contributed by atoms with Gasteiger partial charge in [0.05, 0.1) is 5.69 Å². The average molecular weight is 236 g/mol. The van der Waals surface area contributed by atoms with Crippen molar-refractivity contribution < 1.29 is 4.79 Å². The van der Waals surface area contributed by atoms with Crippen LogP contribution in [0.2, 0.25) is 0 Å². The van der Waals surface area contributed by atoms with E-state index in [-0.39, 0.29) is 5.91 Å². The number of hydrogen-bond acceptors (Lipinski definition) is 3. The number of carbonyl (C=O) groups is 1. The zero-order valence-corrected chi connectivity index (χ0v) is 10.2. The van der Waals surface area contributed by atoms with Crippen LogP contribution in [0.4, 0.5) is 5.69 Å². The third-order valence-electron chi connectivity index (χ3n) is 2.62. The van der Waals surface area contributed by atoms with Crippen LogP contribution in [0.3, 0.4) is 0 Å². The summed E-state index contributed by atoms with van der Waals surface area (Å²) in [5.41, 5.74) is 1.07. The van der Waals surface area contributed by atoms with Crippen molar-refractivity contribution in [1.82, 2.24) is 5.32 Å². The fourth-order valence-electron chi connectivity index (χ4n) is 1.80. The molecule has 0 saturated heterocycles. The van der Waals surface area contributed by atoms with Crippen LogP contribution >= 0.6 is 11.8 Å². The van der Waals surface area contributed by atoms with Gasteiger partial charge in [-0.25, -0.2) is 0 Å². The van der Waals surface area contributed by atoms with Gasteiger partial charge in [0.25, 0.3) is 0 Å². The molecule has 0 radical (unpaired) electrons. The van der Waals surface area contributed by atoms with Crippen LogP contribution in [-0.4, -0.2) is 31.8 Å². The summed E-state index contributed by atoms with van der Waals surface area (Å²) in [5, 5.41) is 3.01. The van der Waals surface area contributed by atoms with Crippen LogP contribution in [0.25, 0.3) is 0 Å². The van der Waals surface area contributed by atoms with E-state index in [9.17, 15) is 4.79 Å². The number of fused-ring (bicyclic) bond motifs is 1. The molecule has 1 aromatic carbocycles. The van der Waals surface area contributed by atoms with Gasteiger partial charge in [-0.1, -0.05) is 12.1 Å². The number of para-hydroxylation sites is 1. The Labute approximate surface area is 100 Å². The molecule has 1 aromatic rings. The fraction of sp³-hybridized carbons (Fsp3) is 0.417. The Morgan fingerprint density at radius 1 is 1.50 bits per heavy atom. The first-order valence-electron chi connectivity index (χ1n) is 5.49. The van der Waals surface area contributed by atoms with Gasteiger partial charge < -0.3 is 10.2 Å². The monoisotopic (exact) mass is 236 g/mol. The number of rotatable bonds is 3. The summed E-state index contributed by atoms with van der Waals surface area (Å²) < 4.78 is 0. The second-order valence-corrected chi connectivity index (χ2v) is 4.85. The molecule has 0 aromatic heterocycles. The maximum Gasteiger partial charge on any atom is 0.228 e. The Balaban J connectivity index is 2.15. The highest BCUT2D eigenvalue weighted by Crippen LogP contribution is 2.34. The van der Waals surface area contributed by atoms with Gasteiger partial charge in [-0.2, -0.15) is 0 Å². The Morgan fingerprint density at radius 3 is 3.12 bits per heavy atom. The summed E-state index contributed by atoms with van der Waals surface area (Å²) in [6.45, 7) is 1.56. The third kappa shape index (κ3) is 2.39. The van der Waals surface area contributed by atoms with E-state index in [1.807, 2.05) is 41.9 Å². The van der Waals surface area contributed by atoms with Crippen molar-refractivity contribution in [2.45, 2.75) is 11.3 Å². The van der Waals surface area contributed by atoms with Crippen LogP contribution in [0.5, 0.6) is 0 Å². The van der Waals surface area contributed by atoms with Crippen LogP contribution in [0, 0.1) is 0 Å². The van der Waals surface area contributed by atoms with Crippen molar-refractivity contribution in [2.75, 3.05) is 30.8 Å². The first-order chi connectivity index (χ1) is 7.83. The molecule has 0 unspecified atom stereocenters. The zero-order chi connectivity index (χ0) is 11.4. The summed E-state index contributed by atoms with van der Waals surface area (Å²) in [5.74, 6) is 1.20. The smallest absolute Gasteiger partial charge is 0.228 e. The molecule has 1 aliphatic heterocycles. The predicted octanol–water partition coefficient (Wildman–Crippen LogP) is 1.73. The van der Waals surface area contributed by atoms with Gasteiger partial charge in [-0.15, -0.1) is 11.8 Å². The molecule has 0 aliphatic carbocycles. The highest BCUT2D eigenvalue weighted by molar-refractivity contribution is 7.99. The minimum atomic E-state index is 0.210. The van der Waals surface area contributed by atoms with Crippen molar-refractivity contribution in [1.29, 1.82) is 0 Å². The Bertz CT molecular complexity index is 381. The molecule has 16 heavy (non-hydrogen) atoms. The predicted molar refractivity (Wildman–Crippen MR) is 68.1 cm³/mol. The maximum absolute atomic E-state index is 12.0. The minimum Gasteiger partial charge on any atom is -0.319 e. The molecule has 0 fully saturated rings. The van der Waals surface area contributed by atoms with E-state index in [1.54, 1.807) is 0 Å². The molecule has 0 atom stereocenters. The maximum atomic E-state index is 12.0. The molecule has 0 saturated carbocycles. The average Bonchev–Trinajstić information content (AvgIpc) is 2.35. The highest BCUT2D eigenvalue weighted by atomic mass is 32.2. The Morgan fingerprint density at radius 2 is 2.31 bits per heavy atom. The standard InChI is InChI=1S/C12H16N2OS/c1-13-7-6-12(15)14-8-9-16-11-5-3-2-4-10(11)14/h2-5,13H,6-9H2,1H3. The highest BCUT2D eigenvalue weighted by Gasteiger charge is 2.21. The summed E-state index contributed by atoms with van der Waals surface area (Å²) >= 11 is 1.82. The number of amides is 1. The molecule has 2 rings (SSSR count). The second-order valence-electron chi connectivity index (χ2n) is 3.72. The lowest BCUT2D eigenvalue weighted by molar-refractivity contribution is -0.118. The Hall–Kier alpha value is -1.00. The summed E-state index contributed by atoms with van der Waals surface area (Å²) in [6, 6.07) is 8.12. The molecule has 1 N–H and O–H groups in total. The number of benzene rings is 1. The van der Waals surface area contributed by atoms with Crippen molar-refractivity contribution in [3.05, 3.63) is 24.3 Å². The molecule has 1 amide bonds. The van der Waals surface area contributed by atoms with Gasteiger partial charge in [-0.3, -0.25) is 4.79 Å². The molecule has 86 valence electrons. The normalized spacial score (nSPS) is 14.7.